The molecule has 82 valence electrons. The van der Waals surface area contributed by atoms with Gasteiger partial charge in [0.05, 0.1) is 0 Å². The summed E-state index contributed by atoms with van der Waals surface area (Å²) in [7, 11) is 0. The van der Waals surface area contributed by atoms with E-state index < -0.39 is 0 Å². The van der Waals surface area contributed by atoms with Gasteiger partial charge in [-0.05, 0) is 38.3 Å². The van der Waals surface area contributed by atoms with Gasteiger partial charge in [-0.1, -0.05) is 43.2 Å². The van der Waals surface area contributed by atoms with Crippen molar-refractivity contribution in [3.8, 4) is 0 Å². The summed E-state index contributed by atoms with van der Waals surface area (Å²) in [6.07, 6.45) is 5.12. The molecule has 1 unspecified atom stereocenters. The lowest BCUT2D eigenvalue weighted by Gasteiger charge is -2.44. The minimum Gasteiger partial charge on any atom is -0.311 e. The number of aryl methyl sites for hydroxylation is 1. The Hall–Kier alpha value is -0.820. The maximum Gasteiger partial charge on any atom is 0.0233 e. The number of hydrogen-bond acceptors (Lipinski definition) is 1. The van der Waals surface area contributed by atoms with E-state index in [0.717, 1.165) is 0 Å². The van der Waals surface area contributed by atoms with Crippen LogP contribution >= 0.6 is 0 Å². The molecule has 1 heteroatoms. The van der Waals surface area contributed by atoms with Gasteiger partial charge >= 0.3 is 0 Å². The van der Waals surface area contributed by atoms with Crippen molar-refractivity contribution in [1.29, 1.82) is 0 Å². The van der Waals surface area contributed by atoms with Gasteiger partial charge in [0.25, 0.3) is 0 Å². The Kier molecular flexibility index (Phi) is 3.11. The third kappa shape index (κ3) is 2.40. The molecule has 1 aliphatic rings. The fourth-order valence-corrected chi connectivity index (χ4v) is 2.62. The van der Waals surface area contributed by atoms with Crippen LogP contribution in [0.3, 0.4) is 0 Å². The lowest BCUT2D eigenvalue weighted by molar-refractivity contribution is 0.188. The second-order valence-electron chi connectivity index (χ2n) is 4.87. The molecule has 0 saturated carbocycles. The lowest BCUT2D eigenvalue weighted by atomic mass is 9.78. The van der Waals surface area contributed by atoms with E-state index in [9.17, 15) is 0 Å². The SMILES string of the molecule is CCCC1(Cc2cccc(C)c2)CCN1. The van der Waals surface area contributed by atoms with Crippen LogP contribution < -0.4 is 5.32 Å². The molecule has 1 atom stereocenters. The van der Waals surface area contributed by atoms with Gasteiger partial charge in [-0.25, -0.2) is 0 Å². The highest BCUT2D eigenvalue weighted by molar-refractivity contribution is 5.25. The van der Waals surface area contributed by atoms with Gasteiger partial charge in [0.2, 0.25) is 0 Å². The molecule has 0 spiro atoms. The number of benzene rings is 1. The third-order valence-electron chi connectivity index (χ3n) is 3.46. The van der Waals surface area contributed by atoms with Gasteiger partial charge < -0.3 is 5.32 Å². The Morgan fingerprint density at radius 1 is 1.40 bits per heavy atom. The summed E-state index contributed by atoms with van der Waals surface area (Å²) < 4.78 is 0. The average molecular weight is 203 g/mol. The molecule has 0 aromatic heterocycles. The smallest absolute Gasteiger partial charge is 0.0233 e. The highest BCUT2D eigenvalue weighted by Gasteiger charge is 2.35. The summed E-state index contributed by atoms with van der Waals surface area (Å²) in [4.78, 5) is 0. The Balaban J connectivity index is 2.06. The first-order valence-corrected chi connectivity index (χ1v) is 6.05. The highest BCUT2D eigenvalue weighted by Crippen LogP contribution is 2.28. The van der Waals surface area contributed by atoms with Crippen molar-refractivity contribution in [3.63, 3.8) is 0 Å². The molecule has 1 aromatic rings. The molecule has 1 heterocycles. The maximum absolute atomic E-state index is 3.63. The highest BCUT2D eigenvalue weighted by atomic mass is 15.0. The quantitative estimate of drug-likeness (QED) is 0.793. The van der Waals surface area contributed by atoms with Crippen molar-refractivity contribution in [2.45, 2.75) is 45.1 Å². The molecule has 1 aliphatic heterocycles. The van der Waals surface area contributed by atoms with E-state index in [4.69, 9.17) is 0 Å². The summed E-state index contributed by atoms with van der Waals surface area (Å²) in [5, 5.41) is 3.63. The normalized spacial score (nSPS) is 24.9. The van der Waals surface area contributed by atoms with E-state index in [1.54, 1.807) is 0 Å². The summed E-state index contributed by atoms with van der Waals surface area (Å²) in [5.41, 5.74) is 3.27. The number of hydrogen-bond donors (Lipinski definition) is 1. The lowest BCUT2D eigenvalue weighted by Crippen LogP contribution is -2.58. The minimum absolute atomic E-state index is 0.419. The Morgan fingerprint density at radius 2 is 2.20 bits per heavy atom. The summed E-state index contributed by atoms with van der Waals surface area (Å²) in [6.45, 7) is 5.65. The fourth-order valence-electron chi connectivity index (χ4n) is 2.62. The molecule has 1 aromatic carbocycles. The molecule has 0 aliphatic carbocycles. The Labute approximate surface area is 92.9 Å². The van der Waals surface area contributed by atoms with Crippen molar-refractivity contribution in [3.05, 3.63) is 35.4 Å². The van der Waals surface area contributed by atoms with Crippen LogP contribution in [0, 0.1) is 6.92 Å². The maximum atomic E-state index is 3.63. The van der Waals surface area contributed by atoms with Crippen molar-refractivity contribution >= 4 is 0 Å². The van der Waals surface area contributed by atoms with Crippen LogP contribution in [0.1, 0.15) is 37.3 Å². The largest absolute Gasteiger partial charge is 0.311 e. The zero-order chi connectivity index (χ0) is 10.7. The molecule has 1 saturated heterocycles. The predicted octanol–water partition coefficient (Wildman–Crippen LogP) is 3.07. The minimum atomic E-state index is 0.419. The number of rotatable bonds is 4. The summed E-state index contributed by atoms with van der Waals surface area (Å²) >= 11 is 0. The summed E-state index contributed by atoms with van der Waals surface area (Å²) in [6, 6.07) is 8.91. The average Bonchev–Trinajstić information content (AvgIpc) is 2.15. The molecule has 0 bridgehead atoms. The van der Waals surface area contributed by atoms with E-state index in [2.05, 4.69) is 43.4 Å². The first-order valence-electron chi connectivity index (χ1n) is 6.05. The van der Waals surface area contributed by atoms with Crippen molar-refractivity contribution in [2.75, 3.05) is 6.54 Å². The predicted molar refractivity (Wildman–Crippen MR) is 65.1 cm³/mol. The van der Waals surface area contributed by atoms with Gasteiger partial charge in [0, 0.05) is 5.54 Å². The molecule has 0 radical (unpaired) electrons. The van der Waals surface area contributed by atoms with Crippen LogP contribution in [0.2, 0.25) is 0 Å². The Bertz CT molecular complexity index is 326. The summed E-state index contributed by atoms with van der Waals surface area (Å²) in [5.74, 6) is 0. The molecule has 0 amide bonds. The van der Waals surface area contributed by atoms with Crippen molar-refractivity contribution in [1.82, 2.24) is 5.32 Å². The van der Waals surface area contributed by atoms with Crippen LogP contribution in [0.5, 0.6) is 0 Å². The van der Waals surface area contributed by atoms with Gasteiger partial charge in [-0.3, -0.25) is 0 Å². The molecular formula is C14H21N. The van der Waals surface area contributed by atoms with E-state index >= 15 is 0 Å². The molecule has 1 N–H and O–H groups in total. The standard InChI is InChI=1S/C14H21N/c1-3-7-14(8-9-15-14)11-13-6-4-5-12(2)10-13/h4-6,10,15H,3,7-9,11H2,1-2H3. The van der Waals surface area contributed by atoms with Gasteiger partial charge in [0.1, 0.15) is 0 Å². The van der Waals surface area contributed by atoms with Crippen LogP contribution in [0.15, 0.2) is 24.3 Å². The Morgan fingerprint density at radius 3 is 2.73 bits per heavy atom. The van der Waals surface area contributed by atoms with Gasteiger partial charge in [0.15, 0.2) is 0 Å². The molecule has 15 heavy (non-hydrogen) atoms. The second kappa shape index (κ2) is 4.36. The van der Waals surface area contributed by atoms with E-state index in [1.807, 2.05) is 0 Å². The van der Waals surface area contributed by atoms with E-state index in [0.29, 0.717) is 5.54 Å². The molecule has 2 rings (SSSR count). The third-order valence-corrected chi connectivity index (χ3v) is 3.46. The zero-order valence-corrected chi connectivity index (χ0v) is 9.84. The first kappa shape index (κ1) is 10.7. The van der Waals surface area contributed by atoms with E-state index in [1.165, 1.54) is 43.4 Å². The van der Waals surface area contributed by atoms with E-state index in [-0.39, 0.29) is 0 Å². The first-order chi connectivity index (χ1) is 7.24. The topological polar surface area (TPSA) is 12.0 Å². The fraction of sp³-hybridized carbons (Fsp3) is 0.571. The molecular weight excluding hydrogens is 182 g/mol. The molecule has 1 fully saturated rings. The number of nitrogens with one attached hydrogen (secondary N) is 1. The molecule has 1 nitrogen and oxygen atoms in total. The van der Waals surface area contributed by atoms with Crippen LogP contribution in [-0.4, -0.2) is 12.1 Å². The zero-order valence-electron chi connectivity index (χ0n) is 9.84. The van der Waals surface area contributed by atoms with Crippen LogP contribution in [0.25, 0.3) is 0 Å². The monoisotopic (exact) mass is 203 g/mol. The van der Waals surface area contributed by atoms with Crippen molar-refractivity contribution < 1.29 is 0 Å². The second-order valence-corrected chi connectivity index (χ2v) is 4.87. The van der Waals surface area contributed by atoms with Gasteiger partial charge in [-0.15, -0.1) is 0 Å². The van der Waals surface area contributed by atoms with Crippen LogP contribution in [0.4, 0.5) is 0 Å². The van der Waals surface area contributed by atoms with Crippen molar-refractivity contribution in [2.24, 2.45) is 0 Å². The van der Waals surface area contributed by atoms with Gasteiger partial charge in [-0.2, -0.15) is 0 Å². The van der Waals surface area contributed by atoms with Crippen LogP contribution in [-0.2, 0) is 6.42 Å².